The number of benzene rings is 2. The van der Waals surface area contributed by atoms with Crippen LogP contribution in [-0.2, 0) is 9.59 Å². The lowest BCUT2D eigenvalue weighted by atomic mass is 10.0. The number of carbonyl (C=O) groups is 2. The lowest BCUT2D eigenvalue weighted by Crippen LogP contribution is -2.08. The van der Waals surface area contributed by atoms with Crippen LogP contribution >= 0.6 is 0 Å². The Labute approximate surface area is 194 Å². The van der Waals surface area contributed by atoms with E-state index in [2.05, 4.69) is 50.2 Å². The van der Waals surface area contributed by atoms with E-state index < -0.39 is 0 Å². The molecule has 4 heteroatoms. The first-order chi connectivity index (χ1) is 15.3. The van der Waals surface area contributed by atoms with Crippen molar-refractivity contribution in [1.82, 2.24) is 0 Å². The number of rotatable bonds is 5. The fraction of sp³-hybridized carbons (Fsp3) is 0.357. The highest BCUT2D eigenvalue weighted by Crippen LogP contribution is 2.17. The van der Waals surface area contributed by atoms with E-state index >= 15 is 0 Å². The normalized spacial score (nSPS) is 9.69. The van der Waals surface area contributed by atoms with Gasteiger partial charge in [0, 0.05) is 11.4 Å². The summed E-state index contributed by atoms with van der Waals surface area (Å²) in [6, 6.07) is 15.7. The van der Waals surface area contributed by atoms with Crippen molar-refractivity contribution in [2.45, 2.75) is 67.2 Å². The zero-order chi connectivity index (χ0) is 24.5. The maximum Gasteiger partial charge on any atom is 0.300 e. The highest BCUT2D eigenvalue weighted by Gasteiger charge is 2.01. The number of hydrogen-bond acceptors (Lipinski definition) is 2. The van der Waals surface area contributed by atoms with Crippen LogP contribution in [0.15, 0.2) is 60.7 Å². The second-order valence-electron chi connectivity index (χ2n) is 7.37. The second kappa shape index (κ2) is 16.4. The average Bonchev–Trinajstić information content (AvgIpc) is 2.76. The van der Waals surface area contributed by atoms with Crippen molar-refractivity contribution < 1.29 is 9.59 Å². The molecule has 0 saturated carbocycles. The van der Waals surface area contributed by atoms with Crippen LogP contribution in [-0.4, -0.2) is 11.8 Å². The van der Waals surface area contributed by atoms with Gasteiger partial charge in [0.25, 0.3) is 5.91 Å². The summed E-state index contributed by atoms with van der Waals surface area (Å²) in [5.41, 5.74) is 4.16. The summed E-state index contributed by atoms with van der Waals surface area (Å²) in [4.78, 5) is 22.4. The second-order valence-corrected chi connectivity index (χ2v) is 7.37. The Kier molecular flexibility index (Phi) is 14.7. The van der Waals surface area contributed by atoms with Crippen molar-refractivity contribution in [1.29, 1.82) is 0 Å². The van der Waals surface area contributed by atoms with Crippen LogP contribution in [0, 0.1) is 11.8 Å². The molecule has 0 atom stereocenters. The molecule has 0 saturated heterocycles. The first kappa shape index (κ1) is 28.7. The molecule has 0 unspecified atom stereocenters. The molecular weight excluding hydrogens is 396 g/mol. The molecule has 0 aliphatic rings. The molecule has 2 N–H and O–H groups in total. The van der Waals surface area contributed by atoms with Crippen LogP contribution in [0.3, 0.4) is 0 Å². The van der Waals surface area contributed by atoms with Crippen LogP contribution in [0.2, 0.25) is 0 Å². The summed E-state index contributed by atoms with van der Waals surface area (Å²) in [5, 5.41) is 5.48. The quantitative estimate of drug-likeness (QED) is 0.389. The Morgan fingerprint density at radius 3 is 1.53 bits per heavy atom. The third-order valence-corrected chi connectivity index (χ3v) is 4.24. The summed E-state index contributed by atoms with van der Waals surface area (Å²) in [6.07, 6.45) is 3.23. The predicted molar refractivity (Wildman–Crippen MR) is 138 cm³/mol. The van der Waals surface area contributed by atoms with Gasteiger partial charge < -0.3 is 10.6 Å². The fourth-order valence-corrected chi connectivity index (χ4v) is 2.51. The summed E-state index contributed by atoms with van der Waals surface area (Å²) in [7, 11) is 0. The standard InChI is InChI=1S/C13H17NO.C13H15NO.C2H6/c2*1-4-5-13(15)14-12-8-6-11(7-9-12)10(2)3;1-2/h4-10H,1-3H3,(H,14,15);6-10H,1-3H3,(H,14,15);1-2H3/b5-4+;;. The van der Waals surface area contributed by atoms with Crippen LogP contribution in [0.4, 0.5) is 11.4 Å². The summed E-state index contributed by atoms with van der Waals surface area (Å²) in [5.74, 6) is 5.65. The van der Waals surface area contributed by atoms with Crippen molar-refractivity contribution in [3.63, 3.8) is 0 Å². The summed E-state index contributed by atoms with van der Waals surface area (Å²) >= 11 is 0. The van der Waals surface area contributed by atoms with Crippen LogP contribution in [0.25, 0.3) is 0 Å². The number of nitrogens with one attached hydrogen (secondary N) is 2. The number of allylic oxidation sites excluding steroid dienone is 1. The molecule has 0 bridgehead atoms. The largest absolute Gasteiger partial charge is 0.323 e. The van der Waals surface area contributed by atoms with Crippen molar-refractivity contribution in [3.8, 4) is 11.8 Å². The number of carbonyl (C=O) groups excluding carboxylic acids is 2. The predicted octanol–water partition coefficient (Wildman–Crippen LogP) is 7.12. The molecule has 0 radical (unpaired) electrons. The van der Waals surface area contributed by atoms with E-state index in [1.165, 1.54) is 17.2 Å². The van der Waals surface area contributed by atoms with Crippen molar-refractivity contribution in [2.24, 2.45) is 0 Å². The van der Waals surface area contributed by atoms with Crippen molar-refractivity contribution in [3.05, 3.63) is 71.8 Å². The molecule has 0 heterocycles. The van der Waals surface area contributed by atoms with Crippen molar-refractivity contribution >= 4 is 23.2 Å². The van der Waals surface area contributed by atoms with Gasteiger partial charge in [-0.05, 0) is 73.1 Å². The molecule has 2 aromatic carbocycles. The molecule has 2 amide bonds. The van der Waals surface area contributed by atoms with Gasteiger partial charge in [-0.15, -0.1) is 0 Å². The maximum atomic E-state index is 11.2. The maximum absolute atomic E-state index is 11.2. The Morgan fingerprint density at radius 1 is 0.781 bits per heavy atom. The molecule has 172 valence electrons. The molecule has 4 nitrogen and oxygen atoms in total. The highest BCUT2D eigenvalue weighted by atomic mass is 16.2. The first-order valence-corrected chi connectivity index (χ1v) is 11.1. The van der Waals surface area contributed by atoms with E-state index in [4.69, 9.17) is 0 Å². The van der Waals surface area contributed by atoms with Gasteiger partial charge in [0.2, 0.25) is 5.91 Å². The summed E-state index contributed by atoms with van der Waals surface area (Å²) in [6.45, 7) is 16.0. The van der Waals surface area contributed by atoms with Gasteiger partial charge in [0.15, 0.2) is 0 Å². The van der Waals surface area contributed by atoms with Gasteiger partial charge in [-0.2, -0.15) is 0 Å². The lowest BCUT2D eigenvalue weighted by Gasteiger charge is -2.06. The first-order valence-electron chi connectivity index (χ1n) is 11.1. The smallest absolute Gasteiger partial charge is 0.300 e. The monoisotopic (exact) mass is 434 g/mol. The van der Waals surface area contributed by atoms with E-state index in [9.17, 15) is 9.59 Å². The highest BCUT2D eigenvalue weighted by molar-refractivity contribution is 6.03. The van der Waals surface area contributed by atoms with E-state index in [-0.39, 0.29) is 11.8 Å². The van der Waals surface area contributed by atoms with Gasteiger partial charge in [0.1, 0.15) is 0 Å². The van der Waals surface area contributed by atoms with Crippen LogP contribution in [0.1, 0.15) is 78.4 Å². The van der Waals surface area contributed by atoms with E-state index in [1.54, 1.807) is 13.0 Å². The van der Waals surface area contributed by atoms with Gasteiger partial charge in [-0.25, -0.2) is 0 Å². The minimum atomic E-state index is -0.269. The Morgan fingerprint density at radius 2 is 1.19 bits per heavy atom. The number of anilines is 2. The van der Waals surface area contributed by atoms with Gasteiger partial charge >= 0.3 is 0 Å². The molecule has 0 aromatic heterocycles. The minimum absolute atomic E-state index is 0.0882. The molecule has 2 aromatic rings. The molecule has 0 aliphatic heterocycles. The average molecular weight is 435 g/mol. The van der Waals surface area contributed by atoms with Crippen LogP contribution in [0.5, 0.6) is 0 Å². The minimum Gasteiger partial charge on any atom is -0.323 e. The molecule has 0 spiro atoms. The van der Waals surface area contributed by atoms with Gasteiger partial charge in [0.05, 0.1) is 0 Å². The Bertz CT molecular complexity index is 897. The molecule has 0 aliphatic carbocycles. The topological polar surface area (TPSA) is 58.2 Å². The molecular formula is C28H38N2O2. The third kappa shape index (κ3) is 11.8. The van der Waals surface area contributed by atoms with Crippen molar-refractivity contribution in [2.75, 3.05) is 10.6 Å². The number of hydrogen-bond donors (Lipinski definition) is 2. The van der Waals surface area contributed by atoms with Crippen LogP contribution < -0.4 is 10.6 Å². The SMILES string of the molecule is C/C=C/C(=O)Nc1ccc(C(C)C)cc1.CC.CC#CC(=O)Nc1ccc(C(C)C)cc1. The fourth-order valence-electron chi connectivity index (χ4n) is 2.51. The number of amides is 2. The Balaban J connectivity index is 0.000000557. The zero-order valence-corrected chi connectivity index (χ0v) is 20.7. The van der Waals surface area contributed by atoms with E-state index in [1.807, 2.05) is 69.3 Å². The molecule has 0 fully saturated rings. The molecule has 2 rings (SSSR count). The van der Waals surface area contributed by atoms with E-state index in [0.29, 0.717) is 11.8 Å². The zero-order valence-electron chi connectivity index (χ0n) is 20.7. The van der Waals surface area contributed by atoms with E-state index in [0.717, 1.165) is 11.4 Å². The molecule has 32 heavy (non-hydrogen) atoms. The van der Waals surface area contributed by atoms with Gasteiger partial charge in [-0.1, -0.05) is 77.8 Å². The Hall–Kier alpha value is -3.32. The van der Waals surface area contributed by atoms with Gasteiger partial charge in [-0.3, -0.25) is 9.59 Å². The summed E-state index contributed by atoms with van der Waals surface area (Å²) < 4.78 is 0. The third-order valence-electron chi connectivity index (χ3n) is 4.24. The lowest BCUT2D eigenvalue weighted by molar-refractivity contribution is -0.112.